The van der Waals surface area contributed by atoms with E-state index in [-0.39, 0.29) is 6.61 Å². The molecule has 96 valence electrons. The molecule has 5 heteroatoms. The number of aliphatic hydroxyl groups excluding tert-OH is 1. The summed E-state index contributed by atoms with van der Waals surface area (Å²) >= 11 is 9.81. The SMILES string of the molecule is Cc1ccc(-n2nc(C)c(CCO)c2Cl)cc1Br. The molecule has 0 saturated heterocycles. The fourth-order valence-corrected chi connectivity index (χ4v) is 2.55. The van der Waals surface area contributed by atoms with Gasteiger partial charge in [-0.3, -0.25) is 0 Å². The van der Waals surface area contributed by atoms with Gasteiger partial charge in [0, 0.05) is 23.1 Å². The third-order valence-corrected chi connectivity index (χ3v) is 4.13. The van der Waals surface area contributed by atoms with Crippen LogP contribution in [0.25, 0.3) is 5.69 Å². The Hall–Kier alpha value is -0.840. The summed E-state index contributed by atoms with van der Waals surface area (Å²) in [5.41, 5.74) is 3.82. The van der Waals surface area contributed by atoms with Crippen LogP contribution in [0.3, 0.4) is 0 Å². The zero-order valence-corrected chi connectivity index (χ0v) is 12.6. The normalized spacial score (nSPS) is 10.9. The van der Waals surface area contributed by atoms with E-state index in [4.69, 9.17) is 16.7 Å². The summed E-state index contributed by atoms with van der Waals surface area (Å²) in [4.78, 5) is 0. The van der Waals surface area contributed by atoms with Crippen molar-refractivity contribution < 1.29 is 5.11 Å². The predicted molar refractivity (Wildman–Crippen MR) is 76.5 cm³/mol. The Labute approximate surface area is 120 Å². The maximum Gasteiger partial charge on any atom is 0.136 e. The first kappa shape index (κ1) is 13.6. The Balaban J connectivity index is 2.50. The summed E-state index contributed by atoms with van der Waals surface area (Å²) in [6.07, 6.45) is 0.525. The molecular formula is C13H14BrClN2O. The molecule has 0 spiro atoms. The number of aryl methyl sites for hydroxylation is 2. The Bertz CT molecular complexity index is 581. The van der Waals surface area contributed by atoms with Crippen LogP contribution < -0.4 is 0 Å². The molecule has 1 heterocycles. The van der Waals surface area contributed by atoms with Crippen LogP contribution in [0.15, 0.2) is 22.7 Å². The summed E-state index contributed by atoms with van der Waals surface area (Å²) in [7, 11) is 0. The predicted octanol–water partition coefficient (Wildman–Crippen LogP) is 3.44. The van der Waals surface area contributed by atoms with Gasteiger partial charge in [-0.05, 0) is 31.5 Å². The largest absolute Gasteiger partial charge is 0.396 e. The Morgan fingerprint density at radius 3 is 2.72 bits per heavy atom. The second kappa shape index (κ2) is 5.43. The van der Waals surface area contributed by atoms with Crippen LogP contribution >= 0.6 is 27.5 Å². The molecule has 0 radical (unpaired) electrons. The summed E-state index contributed by atoms with van der Waals surface area (Å²) in [5, 5.41) is 14.0. The molecule has 0 fully saturated rings. The topological polar surface area (TPSA) is 38.0 Å². The molecule has 0 atom stereocenters. The highest BCUT2D eigenvalue weighted by molar-refractivity contribution is 9.10. The monoisotopic (exact) mass is 328 g/mol. The third-order valence-electron chi connectivity index (χ3n) is 2.88. The number of halogens is 2. The minimum absolute atomic E-state index is 0.0733. The van der Waals surface area contributed by atoms with Gasteiger partial charge in [-0.25, -0.2) is 4.68 Å². The lowest BCUT2D eigenvalue weighted by atomic mass is 10.2. The van der Waals surface area contributed by atoms with E-state index in [0.717, 1.165) is 27.0 Å². The van der Waals surface area contributed by atoms with Crippen molar-refractivity contribution >= 4 is 27.5 Å². The first-order valence-electron chi connectivity index (χ1n) is 5.66. The fourth-order valence-electron chi connectivity index (χ4n) is 1.81. The molecule has 0 aliphatic rings. The van der Waals surface area contributed by atoms with Crippen molar-refractivity contribution in [3.63, 3.8) is 0 Å². The quantitative estimate of drug-likeness (QED) is 0.936. The molecule has 0 amide bonds. The van der Waals surface area contributed by atoms with Gasteiger partial charge >= 0.3 is 0 Å². The van der Waals surface area contributed by atoms with Gasteiger partial charge in [0.05, 0.1) is 11.4 Å². The van der Waals surface area contributed by atoms with Crippen molar-refractivity contribution in [3.8, 4) is 5.69 Å². The van der Waals surface area contributed by atoms with Crippen molar-refractivity contribution in [2.75, 3.05) is 6.61 Å². The van der Waals surface area contributed by atoms with Crippen molar-refractivity contribution in [2.45, 2.75) is 20.3 Å². The molecular weight excluding hydrogens is 316 g/mol. The Morgan fingerprint density at radius 1 is 1.39 bits per heavy atom. The maximum atomic E-state index is 9.03. The second-order valence-corrected chi connectivity index (χ2v) is 5.39. The number of benzene rings is 1. The van der Waals surface area contributed by atoms with Gasteiger partial charge in [0.1, 0.15) is 5.15 Å². The first-order chi connectivity index (χ1) is 8.54. The first-order valence-corrected chi connectivity index (χ1v) is 6.83. The number of hydrogen-bond acceptors (Lipinski definition) is 2. The summed E-state index contributed by atoms with van der Waals surface area (Å²) in [6.45, 7) is 4.00. The van der Waals surface area contributed by atoms with E-state index >= 15 is 0 Å². The molecule has 3 nitrogen and oxygen atoms in total. The standard InChI is InChI=1S/C13H14BrClN2O/c1-8-3-4-10(7-12(8)14)17-13(15)11(5-6-18)9(2)16-17/h3-4,7,18H,5-6H2,1-2H3. The van der Waals surface area contributed by atoms with Gasteiger partial charge in [0.25, 0.3) is 0 Å². The molecule has 1 aromatic heterocycles. The highest BCUT2D eigenvalue weighted by Gasteiger charge is 2.14. The van der Waals surface area contributed by atoms with Gasteiger partial charge in [0.2, 0.25) is 0 Å². The number of aromatic nitrogens is 2. The van der Waals surface area contributed by atoms with Crippen molar-refractivity contribution in [2.24, 2.45) is 0 Å². The average Bonchev–Trinajstić information content (AvgIpc) is 2.61. The number of hydrogen-bond donors (Lipinski definition) is 1. The lowest BCUT2D eigenvalue weighted by molar-refractivity contribution is 0.299. The molecule has 2 rings (SSSR count). The van der Waals surface area contributed by atoms with Crippen LogP contribution in [0.1, 0.15) is 16.8 Å². The lowest BCUT2D eigenvalue weighted by Crippen LogP contribution is -1.97. The summed E-state index contributed by atoms with van der Waals surface area (Å²) in [6, 6.07) is 5.97. The van der Waals surface area contributed by atoms with Crippen LogP contribution in [-0.4, -0.2) is 21.5 Å². The second-order valence-electron chi connectivity index (χ2n) is 4.17. The summed E-state index contributed by atoms with van der Waals surface area (Å²) in [5.74, 6) is 0. The molecule has 0 bridgehead atoms. The van der Waals surface area contributed by atoms with Gasteiger partial charge < -0.3 is 5.11 Å². The summed E-state index contributed by atoms with van der Waals surface area (Å²) < 4.78 is 2.72. The third kappa shape index (κ3) is 2.46. The average molecular weight is 330 g/mol. The van der Waals surface area contributed by atoms with E-state index in [0.29, 0.717) is 11.6 Å². The highest BCUT2D eigenvalue weighted by atomic mass is 79.9. The minimum atomic E-state index is 0.0733. The van der Waals surface area contributed by atoms with Crippen LogP contribution in [0.5, 0.6) is 0 Å². The van der Waals surface area contributed by atoms with E-state index in [1.165, 1.54) is 0 Å². The van der Waals surface area contributed by atoms with E-state index in [2.05, 4.69) is 21.0 Å². The van der Waals surface area contributed by atoms with E-state index in [1.807, 2.05) is 32.0 Å². The van der Waals surface area contributed by atoms with Gasteiger partial charge in [-0.15, -0.1) is 0 Å². The zero-order chi connectivity index (χ0) is 13.3. The van der Waals surface area contributed by atoms with Gasteiger partial charge in [0.15, 0.2) is 0 Å². The fraction of sp³-hybridized carbons (Fsp3) is 0.308. The highest BCUT2D eigenvalue weighted by Crippen LogP contribution is 2.26. The van der Waals surface area contributed by atoms with Gasteiger partial charge in [-0.2, -0.15) is 5.10 Å². The number of rotatable bonds is 3. The van der Waals surface area contributed by atoms with Crippen LogP contribution in [0.4, 0.5) is 0 Å². The Morgan fingerprint density at radius 2 is 2.11 bits per heavy atom. The molecule has 1 N–H and O–H groups in total. The maximum absolute atomic E-state index is 9.03. The van der Waals surface area contributed by atoms with Crippen molar-refractivity contribution in [1.82, 2.24) is 9.78 Å². The van der Waals surface area contributed by atoms with Crippen LogP contribution in [0.2, 0.25) is 5.15 Å². The molecule has 0 aliphatic heterocycles. The molecule has 2 aromatic rings. The van der Waals surface area contributed by atoms with Crippen molar-refractivity contribution in [1.29, 1.82) is 0 Å². The van der Waals surface area contributed by atoms with E-state index < -0.39 is 0 Å². The number of aliphatic hydroxyl groups is 1. The molecule has 1 aromatic carbocycles. The van der Waals surface area contributed by atoms with E-state index in [9.17, 15) is 0 Å². The molecule has 0 unspecified atom stereocenters. The molecule has 18 heavy (non-hydrogen) atoms. The Kier molecular flexibility index (Phi) is 4.10. The number of nitrogens with zero attached hydrogens (tertiary/aromatic N) is 2. The zero-order valence-electron chi connectivity index (χ0n) is 10.2. The van der Waals surface area contributed by atoms with Gasteiger partial charge in [-0.1, -0.05) is 33.6 Å². The van der Waals surface area contributed by atoms with E-state index in [1.54, 1.807) is 4.68 Å². The van der Waals surface area contributed by atoms with Crippen LogP contribution in [0, 0.1) is 13.8 Å². The minimum Gasteiger partial charge on any atom is -0.396 e. The smallest absolute Gasteiger partial charge is 0.136 e. The lowest BCUT2D eigenvalue weighted by Gasteiger charge is -2.06. The molecule has 0 aliphatic carbocycles. The van der Waals surface area contributed by atoms with Crippen molar-refractivity contribution in [3.05, 3.63) is 44.6 Å². The molecule has 0 saturated carbocycles. The van der Waals surface area contributed by atoms with Crippen LogP contribution in [-0.2, 0) is 6.42 Å².